The molecule has 0 fully saturated rings. The van der Waals surface area contributed by atoms with Crippen LogP contribution in [0.2, 0.25) is 5.02 Å². The highest BCUT2D eigenvalue weighted by Crippen LogP contribution is 2.27. The van der Waals surface area contributed by atoms with Crippen molar-refractivity contribution in [2.75, 3.05) is 0 Å². The van der Waals surface area contributed by atoms with Gasteiger partial charge in [0.05, 0.1) is 0 Å². The zero-order chi connectivity index (χ0) is 15.8. The van der Waals surface area contributed by atoms with Gasteiger partial charge in [0.15, 0.2) is 0 Å². The lowest BCUT2D eigenvalue weighted by atomic mass is 10.2. The van der Waals surface area contributed by atoms with Gasteiger partial charge in [-0.3, -0.25) is 0 Å². The standard InChI is InChI=1S/C14H14S.C6H5Cl/c1-11-3-7-13(8-4-11)15-14-9-5-12(2)6-10-14;7-6-4-2-1-3-5-6/h3-10H,1-2H3;1-5H. The first kappa shape index (κ1) is 16.7. The van der Waals surface area contributed by atoms with Crippen LogP contribution in [0.25, 0.3) is 0 Å². The second kappa shape index (κ2) is 8.67. The third-order valence-electron chi connectivity index (χ3n) is 3.01. The second-order valence-electron chi connectivity index (χ2n) is 5.02. The predicted octanol–water partition coefficient (Wildman–Crippen LogP) is 6.79. The third-order valence-corrected chi connectivity index (χ3v) is 4.28. The average Bonchev–Trinajstić information content (AvgIpc) is 2.53. The lowest BCUT2D eigenvalue weighted by Crippen LogP contribution is -1.76. The Morgan fingerprint density at radius 3 is 1.32 bits per heavy atom. The first-order valence-electron chi connectivity index (χ1n) is 7.15. The molecular weight excluding hydrogens is 308 g/mol. The summed E-state index contributed by atoms with van der Waals surface area (Å²) in [7, 11) is 0. The van der Waals surface area contributed by atoms with E-state index in [1.54, 1.807) is 11.8 Å². The van der Waals surface area contributed by atoms with Crippen LogP contribution in [0, 0.1) is 13.8 Å². The van der Waals surface area contributed by atoms with Gasteiger partial charge in [0.25, 0.3) is 0 Å². The molecule has 0 amide bonds. The van der Waals surface area contributed by atoms with Crippen molar-refractivity contribution in [1.29, 1.82) is 0 Å². The number of hydrogen-bond acceptors (Lipinski definition) is 1. The van der Waals surface area contributed by atoms with Crippen molar-refractivity contribution in [2.24, 2.45) is 0 Å². The highest BCUT2D eigenvalue weighted by atomic mass is 35.5. The molecule has 3 rings (SSSR count). The normalized spacial score (nSPS) is 9.77. The van der Waals surface area contributed by atoms with Crippen molar-refractivity contribution in [3.05, 3.63) is 95.0 Å². The summed E-state index contributed by atoms with van der Waals surface area (Å²) in [6.45, 7) is 4.22. The predicted molar refractivity (Wildman–Crippen MR) is 97.9 cm³/mol. The van der Waals surface area contributed by atoms with Crippen molar-refractivity contribution in [2.45, 2.75) is 23.6 Å². The Balaban J connectivity index is 0.000000211. The van der Waals surface area contributed by atoms with Crippen LogP contribution >= 0.6 is 23.4 Å². The van der Waals surface area contributed by atoms with Crippen molar-refractivity contribution >= 4 is 23.4 Å². The lowest BCUT2D eigenvalue weighted by Gasteiger charge is -2.02. The first-order chi connectivity index (χ1) is 10.6. The Morgan fingerprint density at radius 2 is 1.00 bits per heavy atom. The van der Waals surface area contributed by atoms with Crippen LogP contribution in [-0.2, 0) is 0 Å². The van der Waals surface area contributed by atoms with E-state index in [-0.39, 0.29) is 0 Å². The van der Waals surface area contributed by atoms with Gasteiger partial charge in [-0.05, 0) is 50.2 Å². The smallest absolute Gasteiger partial charge is 0.0405 e. The molecule has 0 spiro atoms. The van der Waals surface area contributed by atoms with Gasteiger partial charge in [-0.1, -0.05) is 77.0 Å². The van der Waals surface area contributed by atoms with Gasteiger partial charge < -0.3 is 0 Å². The molecule has 2 heteroatoms. The average molecular weight is 327 g/mol. The fraction of sp³-hybridized carbons (Fsp3) is 0.100. The topological polar surface area (TPSA) is 0 Å². The molecule has 0 atom stereocenters. The Morgan fingerprint density at radius 1 is 0.591 bits per heavy atom. The zero-order valence-corrected chi connectivity index (χ0v) is 14.4. The van der Waals surface area contributed by atoms with E-state index in [0.29, 0.717) is 0 Å². The molecule has 0 saturated carbocycles. The van der Waals surface area contributed by atoms with Gasteiger partial charge in [0, 0.05) is 14.8 Å². The molecule has 112 valence electrons. The van der Waals surface area contributed by atoms with E-state index in [9.17, 15) is 0 Å². The summed E-state index contributed by atoms with van der Waals surface area (Å²) in [5.41, 5.74) is 2.62. The third kappa shape index (κ3) is 5.97. The Hall–Kier alpha value is -1.70. The quantitative estimate of drug-likeness (QED) is 0.499. The molecule has 0 aliphatic carbocycles. The molecule has 0 radical (unpaired) electrons. The summed E-state index contributed by atoms with van der Waals surface area (Å²) in [6, 6.07) is 26.7. The fourth-order valence-electron chi connectivity index (χ4n) is 1.76. The number of aryl methyl sites for hydroxylation is 2. The van der Waals surface area contributed by atoms with Gasteiger partial charge >= 0.3 is 0 Å². The van der Waals surface area contributed by atoms with Crippen molar-refractivity contribution < 1.29 is 0 Å². The Bertz CT molecular complexity index is 630. The second-order valence-corrected chi connectivity index (χ2v) is 6.61. The van der Waals surface area contributed by atoms with E-state index in [4.69, 9.17) is 11.6 Å². The van der Waals surface area contributed by atoms with Crippen LogP contribution in [0.4, 0.5) is 0 Å². The van der Waals surface area contributed by atoms with Gasteiger partial charge in [-0.25, -0.2) is 0 Å². The molecule has 0 aliphatic heterocycles. The minimum Gasteiger partial charge on any atom is -0.0901 e. The van der Waals surface area contributed by atoms with Crippen molar-refractivity contribution in [3.8, 4) is 0 Å². The number of hydrogen-bond donors (Lipinski definition) is 0. The van der Waals surface area contributed by atoms with Crippen LogP contribution in [0.5, 0.6) is 0 Å². The van der Waals surface area contributed by atoms with Gasteiger partial charge in [0.1, 0.15) is 0 Å². The fourth-order valence-corrected chi connectivity index (χ4v) is 2.73. The van der Waals surface area contributed by atoms with Crippen molar-refractivity contribution in [1.82, 2.24) is 0 Å². The molecule has 0 saturated heterocycles. The zero-order valence-electron chi connectivity index (χ0n) is 12.8. The van der Waals surface area contributed by atoms with Crippen LogP contribution in [-0.4, -0.2) is 0 Å². The minimum atomic E-state index is 0.794. The summed E-state index contributed by atoms with van der Waals surface area (Å²) < 4.78 is 0. The molecule has 3 aromatic carbocycles. The van der Waals surface area contributed by atoms with E-state index in [2.05, 4.69) is 62.4 Å². The Kier molecular flexibility index (Phi) is 6.57. The number of rotatable bonds is 2. The van der Waals surface area contributed by atoms with E-state index >= 15 is 0 Å². The van der Waals surface area contributed by atoms with Crippen LogP contribution in [0.15, 0.2) is 88.7 Å². The summed E-state index contributed by atoms with van der Waals surface area (Å²) in [5, 5.41) is 0.794. The molecule has 0 aromatic heterocycles. The van der Waals surface area contributed by atoms with E-state index in [1.165, 1.54) is 20.9 Å². The van der Waals surface area contributed by atoms with E-state index in [0.717, 1.165) is 5.02 Å². The summed E-state index contributed by atoms with van der Waals surface area (Å²) in [5.74, 6) is 0. The monoisotopic (exact) mass is 326 g/mol. The van der Waals surface area contributed by atoms with Crippen LogP contribution in [0.1, 0.15) is 11.1 Å². The van der Waals surface area contributed by atoms with Gasteiger partial charge in [-0.2, -0.15) is 0 Å². The highest BCUT2D eigenvalue weighted by Gasteiger charge is 1.96. The highest BCUT2D eigenvalue weighted by molar-refractivity contribution is 7.99. The molecule has 3 aromatic rings. The summed E-state index contributed by atoms with van der Waals surface area (Å²) in [4.78, 5) is 2.59. The molecule has 0 aliphatic rings. The molecule has 0 nitrogen and oxygen atoms in total. The summed E-state index contributed by atoms with van der Waals surface area (Å²) in [6.07, 6.45) is 0. The van der Waals surface area contributed by atoms with Gasteiger partial charge in [-0.15, -0.1) is 0 Å². The van der Waals surface area contributed by atoms with Crippen LogP contribution < -0.4 is 0 Å². The lowest BCUT2D eigenvalue weighted by molar-refractivity contribution is 1.34. The first-order valence-corrected chi connectivity index (χ1v) is 8.35. The largest absolute Gasteiger partial charge is 0.0901 e. The van der Waals surface area contributed by atoms with Crippen molar-refractivity contribution in [3.63, 3.8) is 0 Å². The molecule has 0 heterocycles. The summed E-state index contributed by atoms with van der Waals surface area (Å²) >= 11 is 7.34. The van der Waals surface area contributed by atoms with E-state index < -0.39 is 0 Å². The maximum atomic E-state index is 5.54. The molecule has 0 unspecified atom stereocenters. The molecular formula is C20H19ClS. The maximum absolute atomic E-state index is 5.54. The number of benzene rings is 3. The molecule has 0 N–H and O–H groups in total. The SMILES string of the molecule is Cc1ccc(Sc2ccc(C)cc2)cc1.Clc1ccccc1. The Labute approximate surface area is 142 Å². The molecule has 0 bridgehead atoms. The maximum Gasteiger partial charge on any atom is 0.0405 e. The number of halogens is 1. The molecule has 22 heavy (non-hydrogen) atoms. The van der Waals surface area contributed by atoms with E-state index in [1.807, 2.05) is 30.3 Å². The van der Waals surface area contributed by atoms with Crippen LogP contribution in [0.3, 0.4) is 0 Å². The van der Waals surface area contributed by atoms with Gasteiger partial charge in [0.2, 0.25) is 0 Å². The minimum absolute atomic E-state index is 0.794.